The summed E-state index contributed by atoms with van der Waals surface area (Å²) in [5.74, 6) is -3.09. The number of hydrogen-bond donors (Lipinski definition) is 1. The van der Waals surface area contributed by atoms with Gasteiger partial charge in [-0.3, -0.25) is 4.79 Å². The molecule has 1 fully saturated rings. The van der Waals surface area contributed by atoms with Crippen LogP contribution in [-0.4, -0.2) is 36.1 Å². The van der Waals surface area contributed by atoms with Gasteiger partial charge in [0.15, 0.2) is 0 Å². The summed E-state index contributed by atoms with van der Waals surface area (Å²) in [6.07, 6.45) is 1.48. The Morgan fingerprint density at radius 1 is 1.57 bits per heavy atom. The summed E-state index contributed by atoms with van der Waals surface area (Å²) < 4.78 is 27.1. The van der Waals surface area contributed by atoms with Crippen LogP contribution in [0, 0.1) is 12.8 Å². The summed E-state index contributed by atoms with van der Waals surface area (Å²) in [6, 6.07) is 3.44. The smallest absolute Gasteiger partial charge is 0.269 e. The van der Waals surface area contributed by atoms with E-state index in [1.54, 1.807) is 30.9 Å². The second-order valence-corrected chi connectivity index (χ2v) is 5.31. The molecule has 0 aliphatic carbocycles. The standard InChI is InChI=1S/C14H18F2N4O/c1-9-7-20(8-14(9,15)16)13-5-4-12(10(2)18-13)6-17-19-11(3)21/h4-6,9H,7-8H2,1-3H3,(H,19,21)/b17-6+. The lowest BCUT2D eigenvalue weighted by molar-refractivity contribution is -0.118. The van der Waals surface area contributed by atoms with Gasteiger partial charge in [-0.1, -0.05) is 6.92 Å². The minimum absolute atomic E-state index is 0.262. The SMILES string of the molecule is CC(=O)N/N=C/c1ccc(N2CC(C)C(F)(F)C2)nc1C. The number of carbonyl (C=O) groups is 1. The van der Waals surface area contributed by atoms with Gasteiger partial charge in [0.2, 0.25) is 5.91 Å². The monoisotopic (exact) mass is 296 g/mol. The predicted molar refractivity (Wildman–Crippen MR) is 76.7 cm³/mol. The molecule has 0 bridgehead atoms. The van der Waals surface area contributed by atoms with Crippen molar-refractivity contribution in [2.45, 2.75) is 26.7 Å². The van der Waals surface area contributed by atoms with Gasteiger partial charge in [0.25, 0.3) is 5.92 Å². The number of rotatable bonds is 3. The number of carbonyl (C=O) groups excluding carboxylic acids is 1. The first kappa shape index (κ1) is 15.3. The zero-order valence-corrected chi connectivity index (χ0v) is 12.2. The first-order chi connectivity index (χ1) is 9.79. The van der Waals surface area contributed by atoms with Crippen LogP contribution in [0.25, 0.3) is 0 Å². The van der Waals surface area contributed by atoms with E-state index in [1.807, 2.05) is 0 Å². The van der Waals surface area contributed by atoms with E-state index in [0.717, 1.165) is 5.56 Å². The van der Waals surface area contributed by atoms with Crippen LogP contribution < -0.4 is 10.3 Å². The maximum Gasteiger partial charge on any atom is 0.269 e. The molecule has 0 radical (unpaired) electrons. The number of pyridine rings is 1. The molecule has 5 nitrogen and oxygen atoms in total. The molecule has 1 N–H and O–H groups in total. The molecule has 0 aromatic carbocycles. The van der Waals surface area contributed by atoms with Crippen molar-refractivity contribution in [1.82, 2.24) is 10.4 Å². The van der Waals surface area contributed by atoms with E-state index in [2.05, 4.69) is 15.5 Å². The Hall–Kier alpha value is -2.05. The van der Waals surface area contributed by atoms with Crippen LogP contribution in [0.4, 0.5) is 14.6 Å². The van der Waals surface area contributed by atoms with E-state index in [9.17, 15) is 13.6 Å². The normalized spacial score (nSPS) is 21.0. The predicted octanol–water partition coefficient (Wildman–Crippen LogP) is 1.95. The Bertz CT molecular complexity index is 574. The molecule has 1 aromatic rings. The molecule has 1 aromatic heterocycles. The fraction of sp³-hybridized carbons (Fsp3) is 0.500. The van der Waals surface area contributed by atoms with Crippen LogP contribution in [0.2, 0.25) is 0 Å². The molecule has 1 unspecified atom stereocenters. The number of hydrazone groups is 1. The van der Waals surface area contributed by atoms with Crippen molar-refractivity contribution in [2.24, 2.45) is 11.0 Å². The Morgan fingerprint density at radius 3 is 2.81 bits per heavy atom. The molecule has 2 heterocycles. The van der Waals surface area contributed by atoms with Crippen molar-refractivity contribution >= 4 is 17.9 Å². The number of nitrogens with one attached hydrogen (secondary N) is 1. The molecular formula is C14H18F2N4O. The minimum atomic E-state index is -2.68. The number of amides is 1. The number of anilines is 1. The van der Waals surface area contributed by atoms with E-state index in [0.29, 0.717) is 18.1 Å². The van der Waals surface area contributed by atoms with Crippen LogP contribution in [0.15, 0.2) is 17.2 Å². The fourth-order valence-corrected chi connectivity index (χ4v) is 2.18. The van der Waals surface area contributed by atoms with Gasteiger partial charge >= 0.3 is 0 Å². The Kier molecular flexibility index (Phi) is 4.20. The van der Waals surface area contributed by atoms with Crippen molar-refractivity contribution < 1.29 is 13.6 Å². The van der Waals surface area contributed by atoms with Gasteiger partial charge in [-0.2, -0.15) is 5.10 Å². The van der Waals surface area contributed by atoms with E-state index in [4.69, 9.17) is 0 Å². The van der Waals surface area contributed by atoms with Crippen molar-refractivity contribution in [1.29, 1.82) is 0 Å². The van der Waals surface area contributed by atoms with E-state index >= 15 is 0 Å². The topological polar surface area (TPSA) is 57.6 Å². The summed E-state index contributed by atoms with van der Waals surface area (Å²) in [5, 5.41) is 3.77. The zero-order chi connectivity index (χ0) is 15.6. The number of halogens is 2. The first-order valence-corrected chi connectivity index (χ1v) is 6.69. The van der Waals surface area contributed by atoms with Gasteiger partial charge in [0.05, 0.1) is 12.8 Å². The molecule has 1 saturated heterocycles. The Labute approximate surface area is 122 Å². The van der Waals surface area contributed by atoms with Gasteiger partial charge in [-0.25, -0.2) is 19.2 Å². The van der Waals surface area contributed by atoms with E-state index < -0.39 is 11.8 Å². The Morgan fingerprint density at radius 2 is 2.29 bits per heavy atom. The molecule has 21 heavy (non-hydrogen) atoms. The zero-order valence-electron chi connectivity index (χ0n) is 12.2. The minimum Gasteiger partial charge on any atom is -0.350 e. The number of aryl methyl sites for hydroxylation is 1. The molecule has 1 aliphatic heterocycles. The molecule has 7 heteroatoms. The number of hydrogen-bond acceptors (Lipinski definition) is 4. The van der Waals surface area contributed by atoms with Crippen molar-refractivity contribution in [3.8, 4) is 0 Å². The van der Waals surface area contributed by atoms with Crippen LogP contribution >= 0.6 is 0 Å². The third kappa shape index (κ3) is 3.53. The average molecular weight is 296 g/mol. The van der Waals surface area contributed by atoms with Crippen molar-refractivity contribution in [3.05, 3.63) is 23.4 Å². The van der Waals surface area contributed by atoms with Gasteiger partial charge < -0.3 is 4.90 Å². The number of nitrogens with zero attached hydrogens (tertiary/aromatic N) is 3. The molecular weight excluding hydrogens is 278 g/mol. The third-order valence-electron chi connectivity index (χ3n) is 3.48. The highest BCUT2D eigenvalue weighted by atomic mass is 19.3. The molecule has 0 saturated carbocycles. The quantitative estimate of drug-likeness (QED) is 0.685. The highest BCUT2D eigenvalue weighted by molar-refractivity contribution is 5.83. The van der Waals surface area contributed by atoms with Gasteiger partial charge in [-0.15, -0.1) is 0 Å². The second kappa shape index (κ2) is 5.75. The van der Waals surface area contributed by atoms with Crippen molar-refractivity contribution in [3.63, 3.8) is 0 Å². The molecule has 114 valence electrons. The van der Waals surface area contributed by atoms with E-state index in [1.165, 1.54) is 13.1 Å². The average Bonchev–Trinajstić information content (AvgIpc) is 2.65. The largest absolute Gasteiger partial charge is 0.350 e. The Balaban J connectivity index is 2.13. The van der Waals surface area contributed by atoms with Crippen LogP contribution in [-0.2, 0) is 4.79 Å². The van der Waals surface area contributed by atoms with Gasteiger partial charge in [0.1, 0.15) is 5.82 Å². The molecule has 1 atom stereocenters. The third-order valence-corrected chi connectivity index (χ3v) is 3.48. The van der Waals surface area contributed by atoms with Crippen LogP contribution in [0.5, 0.6) is 0 Å². The lowest BCUT2D eigenvalue weighted by atomic mass is 10.1. The summed E-state index contributed by atoms with van der Waals surface area (Å²) >= 11 is 0. The van der Waals surface area contributed by atoms with E-state index in [-0.39, 0.29) is 12.5 Å². The lowest BCUT2D eigenvalue weighted by Crippen LogP contribution is -2.27. The fourth-order valence-electron chi connectivity index (χ4n) is 2.18. The summed E-state index contributed by atoms with van der Waals surface area (Å²) in [6.45, 7) is 4.66. The van der Waals surface area contributed by atoms with Crippen LogP contribution in [0.3, 0.4) is 0 Å². The number of alkyl halides is 2. The number of aromatic nitrogens is 1. The highest BCUT2D eigenvalue weighted by Gasteiger charge is 2.45. The highest BCUT2D eigenvalue weighted by Crippen LogP contribution is 2.34. The summed E-state index contributed by atoms with van der Waals surface area (Å²) in [7, 11) is 0. The molecule has 1 aliphatic rings. The maximum atomic E-state index is 13.6. The first-order valence-electron chi connectivity index (χ1n) is 6.69. The summed E-state index contributed by atoms with van der Waals surface area (Å²) in [4.78, 5) is 16.7. The molecule has 2 rings (SSSR count). The second-order valence-electron chi connectivity index (χ2n) is 5.31. The molecule has 1 amide bonds. The maximum absolute atomic E-state index is 13.6. The van der Waals surface area contributed by atoms with Crippen molar-refractivity contribution in [2.75, 3.05) is 18.0 Å². The van der Waals surface area contributed by atoms with Gasteiger partial charge in [0, 0.05) is 30.6 Å². The summed E-state index contributed by atoms with van der Waals surface area (Å²) in [5.41, 5.74) is 3.70. The lowest BCUT2D eigenvalue weighted by Gasteiger charge is -2.17. The van der Waals surface area contributed by atoms with Gasteiger partial charge in [-0.05, 0) is 19.1 Å². The molecule has 0 spiro atoms. The van der Waals surface area contributed by atoms with Crippen LogP contribution in [0.1, 0.15) is 25.1 Å².